The summed E-state index contributed by atoms with van der Waals surface area (Å²) in [6.45, 7) is 1.02. The minimum atomic E-state index is -3.80. The second kappa shape index (κ2) is 20.2. The van der Waals surface area contributed by atoms with Gasteiger partial charge in [0.05, 0.1) is 43.4 Å². The van der Waals surface area contributed by atoms with Crippen molar-refractivity contribution in [3.05, 3.63) is 54.2 Å². The SMILES string of the molecule is O=C(O)COCCOCCCC(=O)COCCOCCCC(=O)CNC(=O)c1ccc(NS(=O)(=O)c2ccccc2)nc1. The third-order valence-corrected chi connectivity index (χ3v) is 6.86. The zero-order valence-corrected chi connectivity index (χ0v) is 24.5. The van der Waals surface area contributed by atoms with Crippen LogP contribution in [0.15, 0.2) is 53.6 Å². The Morgan fingerprint density at radius 1 is 0.744 bits per heavy atom. The molecule has 236 valence electrons. The molecule has 0 aliphatic rings. The van der Waals surface area contributed by atoms with Crippen LogP contribution in [0.25, 0.3) is 0 Å². The van der Waals surface area contributed by atoms with Crippen LogP contribution in [0, 0.1) is 0 Å². The van der Waals surface area contributed by atoms with Gasteiger partial charge in [-0.3, -0.25) is 19.1 Å². The lowest BCUT2D eigenvalue weighted by atomic mass is 10.2. The Balaban J connectivity index is 1.47. The molecule has 43 heavy (non-hydrogen) atoms. The summed E-state index contributed by atoms with van der Waals surface area (Å²) < 4.78 is 47.8. The summed E-state index contributed by atoms with van der Waals surface area (Å²) in [4.78, 5) is 50.5. The molecule has 15 heteroatoms. The maximum atomic E-state index is 12.4. The molecule has 2 rings (SSSR count). The van der Waals surface area contributed by atoms with Gasteiger partial charge in [-0.15, -0.1) is 0 Å². The minimum Gasteiger partial charge on any atom is -0.480 e. The van der Waals surface area contributed by atoms with E-state index in [1.54, 1.807) is 18.2 Å². The highest BCUT2D eigenvalue weighted by Crippen LogP contribution is 2.14. The van der Waals surface area contributed by atoms with Gasteiger partial charge in [0.2, 0.25) is 0 Å². The van der Waals surface area contributed by atoms with Crippen molar-refractivity contribution in [2.45, 2.75) is 30.6 Å². The van der Waals surface area contributed by atoms with Crippen molar-refractivity contribution in [1.29, 1.82) is 0 Å². The molecule has 0 aliphatic carbocycles. The zero-order chi connectivity index (χ0) is 31.3. The van der Waals surface area contributed by atoms with Gasteiger partial charge in [-0.1, -0.05) is 18.2 Å². The Kier molecular flexibility index (Phi) is 16.6. The first kappa shape index (κ1) is 35.4. The lowest BCUT2D eigenvalue weighted by Crippen LogP contribution is -2.29. The van der Waals surface area contributed by atoms with Crippen LogP contribution in [-0.2, 0) is 43.4 Å². The van der Waals surface area contributed by atoms with Crippen LogP contribution in [-0.4, -0.2) is 101 Å². The van der Waals surface area contributed by atoms with E-state index in [1.165, 1.54) is 30.5 Å². The maximum absolute atomic E-state index is 12.4. The summed E-state index contributed by atoms with van der Waals surface area (Å²) in [6, 6.07) is 10.6. The Hall–Kier alpha value is -3.76. The molecule has 0 saturated carbocycles. The number of hydrogen-bond acceptors (Lipinski definition) is 11. The van der Waals surface area contributed by atoms with Crippen LogP contribution in [0.5, 0.6) is 0 Å². The Morgan fingerprint density at radius 2 is 1.35 bits per heavy atom. The molecule has 0 bridgehead atoms. The number of carbonyl (C=O) groups is 4. The zero-order valence-electron chi connectivity index (χ0n) is 23.7. The highest BCUT2D eigenvalue weighted by molar-refractivity contribution is 7.92. The monoisotopic (exact) mass is 623 g/mol. The predicted octanol–water partition coefficient (Wildman–Crippen LogP) is 1.46. The van der Waals surface area contributed by atoms with Crippen molar-refractivity contribution in [3.8, 4) is 0 Å². The fourth-order valence-electron chi connectivity index (χ4n) is 3.35. The molecule has 1 heterocycles. The van der Waals surface area contributed by atoms with Crippen LogP contribution in [0.3, 0.4) is 0 Å². The standard InChI is InChI=1S/C28H37N3O11S/c32-23(6-4-12-39-14-16-41-20-24(33)7-5-13-40-15-17-42-21-27(34)35)19-30-28(36)22-10-11-26(29-18-22)31-43(37,38)25-8-2-1-3-9-25/h1-3,8-11,18H,4-7,12-17,19-21H2,(H,29,31)(H,30,36)(H,34,35). The average molecular weight is 624 g/mol. The number of anilines is 1. The van der Waals surface area contributed by atoms with E-state index in [0.717, 1.165) is 0 Å². The number of nitrogens with one attached hydrogen (secondary N) is 2. The lowest BCUT2D eigenvalue weighted by Gasteiger charge is -2.08. The van der Waals surface area contributed by atoms with E-state index >= 15 is 0 Å². The molecule has 0 saturated heterocycles. The number of aliphatic carboxylic acids is 1. The van der Waals surface area contributed by atoms with Gasteiger partial charge in [-0.05, 0) is 37.1 Å². The largest absolute Gasteiger partial charge is 0.480 e. The number of sulfonamides is 1. The first-order valence-corrected chi connectivity index (χ1v) is 15.0. The molecule has 1 amide bonds. The van der Waals surface area contributed by atoms with Gasteiger partial charge in [0, 0.05) is 32.3 Å². The number of carbonyl (C=O) groups excluding carboxylic acids is 3. The number of amides is 1. The molecule has 1 aromatic carbocycles. The molecule has 0 aliphatic heterocycles. The van der Waals surface area contributed by atoms with Crippen LogP contribution in [0.1, 0.15) is 36.0 Å². The fourth-order valence-corrected chi connectivity index (χ4v) is 4.38. The number of pyridine rings is 1. The fraction of sp³-hybridized carbons (Fsp3) is 0.464. The number of aromatic nitrogens is 1. The maximum Gasteiger partial charge on any atom is 0.329 e. The van der Waals surface area contributed by atoms with E-state index in [4.69, 9.17) is 24.1 Å². The topological polar surface area (TPSA) is 197 Å². The van der Waals surface area contributed by atoms with Gasteiger partial charge >= 0.3 is 5.97 Å². The molecule has 3 N–H and O–H groups in total. The number of ketones is 2. The average Bonchev–Trinajstić information content (AvgIpc) is 2.99. The summed E-state index contributed by atoms with van der Waals surface area (Å²) >= 11 is 0. The molecular formula is C28H37N3O11S. The van der Waals surface area contributed by atoms with Gasteiger partial charge in [-0.2, -0.15) is 0 Å². The molecule has 2 aromatic rings. The summed E-state index contributed by atoms with van der Waals surface area (Å²) in [5, 5.41) is 10.9. The molecule has 0 unspecified atom stereocenters. The van der Waals surface area contributed by atoms with Gasteiger partial charge < -0.3 is 29.4 Å². The Labute approximate surface area is 250 Å². The van der Waals surface area contributed by atoms with Crippen molar-refractivity contribution in [1.82, 2.24) is 10.3 Å². The number of nitrogens with zero attached hydrogens (tertiary/aromatic N) is 1. The molecule has 0 atom stereocenters. The third-order valence-electron chi connectivity index (χ3n) is 5.49. The third kappa shape index (κ3) is 15.9. The summed E-state index contributed by atoms with van der Waals surface area (Å²) in [6.07, 6.45) is 2.69. The predicted molar refractivity (Wildman–Crippen MR) is 153 cm³/mol. The summed E-state index contributed by atoms with van der Waals surface area (Å²) in [5.41, 5.74) is 0.172. The van der Waals surface area contributed by atoms with Crippen molar-refractivity contribution in [2.75, 3.05) is 64.1 Å². The van der Waals surface area contributed by atoms with Gasteiger partial charge in [0.1, 0.15) is 19.0 Å². The summed E-state index contributed by atoms with van der Waals surface area (Å²) in [5.74, 6) is -1.76. The Morgan fingerprint density at radius 3 is 1.95 bits per heavy atom. The normalized spacial score (nSPS) is 11.2. The molecule has 0 fully saturated rings. The van der Waals surface area contributed by atoms with Gasteiger partial charge in [0.15, 0.2) is 11.6 Å². The first-order chi connectivity index (χ1) is 20.7. The molecule has 0 radical (unpaired) electrons. The van der Waals surface area contributed by atoms with E-state index in [0.29, 0.717) is 32.5 Å². The van der Waals surface area contributed by atoms with Crippen LogP contribution < -0.4 is 10.0 Å². The number of carboxylic acid groups (broad SMARTS) is 1. The number of ether oxygens (including phenoxy) is 4. The lowest BCUT2D eigenvalue weighted by molar-refractivity contribution is -0.142. The summed E-state index contributed by atoms with van der Waals surface area (Å²) in [7, 11) is -3.80. The van der Waals surface area contributed by atoms with E-state index in [2.05, 4.69) is 15.0 Å². The highest BCUT2D eigenvalue weighted by atomic mass is 32.2. The van der Waals surface area contributed by atoms with Crippen LogP contribution in [0.4, 0.5) is 5.82 Å². The number of hydrogen-bond donors (Lipinski definition) is 3. The van der Waals surface area contributed by atoms with Crippen molar-refractivity contribution in [2.24, 2.45) is 0 Å². The number of rotatable bonds is 24. The number of benzene rings is 1. The van der Waals surface area contributed by atoms with Crippen molar-refractivity contribution < 1.29 is 51.6 Å². The molecule has 1 aromatic heterocycles. The second-order valence-electron chi connectivity index (χ2n) is 9.04. The van der Waals surface area contributed by atoms with Crippen molar-refractivity contribution in [3.63, 3.8) is 0 Å². The van der Waals surface area contributed by atoms with E-state index in [1.807, 2.05) is 0 Å². The molecule has 0 spiro atoms. The second-order valence-corrected chi connectivity index (χ2v) is 10.7. The van der Waals surface area contributed by atoms with E-state index in [9.17, 15) is 27.6 Å². The van der Waals surface area contributed by atoms with E-state index in [-0.39, 0.29) is 80.5 Å². The first-order valence-electron chi connectivity index (χ1n) is 13.6. The van der Waals surface area contributed by atoms with Crippen LogP contribution in [0.2, 0.25) is 0 Å². The van der Waals surface area contributed by atoms with Crippen LogP contribution >= 0.6 is 0 Å². The van der Waals surface area contributed by atoms with Gasteiger partial charge in [0.25, 0.3) is 15.9 Å². The molecule has 14 nitrogen and oxygen atoms in total. The van der Waals surface area contributed by atoms with Crippen molar-refractivity contribution >= 4 is 39.3 Å². The molecular weight excluding hydrogens is 586 g/mol. The Bertz CT molecular complexity index is 1260. The minimum absolute atomic E-state index is 0.0369. The highest BCUT2D eigenvalue weighted by Gasteiger charge is 2.15. The smallest absolute Gasteiger partial charge is 0.329 e. The quantitative estimate of drug-likeness (QED) is 0.143. The van der Waals surface area contributed by atoms with Gasteiger partial charge in [-0.25, -0.2) is 18.2 Å². The van der Waals surface area contributed by atoms with E-state index < -0.39 is 21.9 Å². The number of Topliss-reactive ketones (excluding diaryl/α,β-unsaturated/α-hetero) is 2. The number of carboxylic acids is 1.